The lowest BCUT2D eigenvalue weighted by molar-refractivity contribution is -0.137. The van der Waals surface area contributed by atoms with E-state index in [-0.39, 0.29) is 6.42 Å². The van der Waals surface area contributed by atoms with Crippen LogP contribution in [0.1, 0.15) is 31.4 Å². The summed E-state index contributed by atoms with van der Waals surface area (Å²) in [6.07, 6.45) is 0.345. The van der Waals surface area contributed by atoms with Gasteiger partial charge in [-0.1, -0.05) is 15.9 Å². The van der Waals surface area contributed by atoms with Crippen LogP contribution in [0.3, 0.4) is 0 Å². The number of carboxylic acid groups (broad SMARTS) is 1. The van der Waals surface area contributed by atoms with Crippen LogP contribution in [-0.4, -0.2) is 24.8 Å². The summed E-state index contributed by atoms with van der Waals surface area (Å²) in [6.45, 7) is 2.35. The summed E-state index contributed by atoms with van der Waals surface area (Å²) < 4.78 is 11.6. The van der Waals surface area contributed by atoms with Crippen molar-refractivity contribution >= 4 is 21.9 Å². The molecule has 1 atom stereocenters. The number of hydrogen-bond acceptors (Lipinski definition) is 4. The lowest BCUT2D eigenvalue weighted by Crippen LogP contribution is -2.15. The van der Waals surface area contributed by atoms with E-state index in [1.165, 1.54) is 0 Å². The number of benzene rings is 1. The normalized spacial score (nSPS) is 12.0. The maximum absolute atomic E-state index is 10.6. The summed E-state index contributed by atoms with van der Waals surface area (Å²) in [6, 6.07) is 3.17. The van der Waals surface area contributed by atoms with Crippen molar-refractivity contribution < 1.29 is 19.4 Å². The molecule has 0 spiro atoms. The van der Waals surface area contributed by atoms with Gasteiger partial charge in [0.05, 0.1) is 13.7 Å². The number of nitrogens with two attached hydrogens (primary N) is 1. The van der Waals surface area contributed by atoms with Gasteiger partial charge < -0.3 is 20.3 Å². The third-order valence-corrected chi connectivity index (χ3v) is 3.35. The van der Waals surface area contributed by atoms with Crippen LogP contribution in [0.2, 0.25) is 0 Å². The van der Waals surface area contributed by atoms with Crippen molar-refractivity contribution in [3.05, 3.63) is 22.2 Å². The van der Waals surface area contributed by atoms with Gasteiger partial charge in [-0.3, -0.25) is 4.79 Å². The van der Waals surface area contributed by atoms with E-state index in [0.717, 1.165) is 10.0 Å². The van der Waals surface area contributed by atoms with Crippen molar-refractivity contribution in [2.45, 2.75) is 25.8 Å². The molecule has 0 fully saturated rings. The summed E-state index contributed by atoms with van der Waals surface area (Å²) in [5, 5.41) is 8.73. The van der Waals surface area contributed by atoms with Crippen LogP contribution in [0.25, 0.3) is 0 Å². The minimum atomic E-state index is -0.868. The van der Waals surface area contributed by atoms with Crippen LogP contribution in [0.5, 0.6) is 11.5 Å². The summed E-state index contributed by atoms with van der Waals surface area (Å²) in [7, 11) is 1.55. The second kappa shape index (κ2) is 7.35. The standard InChI is InChI=1S/C13H18BrNO4/c1-3-19-13-10(18-2)6-4-8(14)12(13)9(15)5-7-11(16)17/h4,6,9H,3,5,7,15H2,1-2H3,(H,16,17). The maximum Gasteiger partial charge on any atom is 0.303 e. The predicted octanol–water partition coefficient (Wildman–Crippen LogP) is 2.72. The second-order valence-corrected chi connectivity index (χ2v) is 4.82. The number of methoxy groups -OCH3 is 1. The highest BCUT2D eigenvalue weighted by atomic mass is 79.9. The molecule has 1 rings (SSSR count). The van der Waals surface area contributed by atoms with Crippen LogP contribution in [0.4, 0.5) is 0 Å². The predicted molar refractivity (Wildman–Crippen MR) is 75.7 cm³/mol. The van der Waals surface area contributed by atoms with E-state index in [2.05, 4.69) is 15.9 Å². The minimum Gasteiger partial charge on any atom is -0.493 e. The lowest BCUT2D eigenvalue weighted by atomic mass is 10.0. The van der Waals surface area contributed by atoms with Gasteiger partial charge in [0.15, 0.2) is 11.5 Å². The second-order valence-electron chi connectivity index (χ2n) is 3.96. The first-order valence-corrected chi connectivity index (χ1v) is 6.77. The Bertz CT molecular complexity index is 451. The number of carbonyl (C=O) groups is 1. The van der Waals surface area contributed by atoms with Crippen molar-refractivity contribution in [3.63, 3.8) is 0 Å². The molecule has 1 aromatic carbocycles. The Hall–Kier alpha value is -1.27. The minimum absolute atomic E-state index is 0.0103. The number of rotatable bonds is 7. The van der Waals surface area contributed by atoms with Gasteiger partial charge in [-0.15, -0.1) is 0 Å². The van der Waals surface area contributed by atoms with Gasteiger partial charge in [-0.25, -0.2) is 0 Å². The zero-order valence-corrected chi connectivity index (χ0v) is 12.6. The van der Waals surface area contributed by atoms with Crippen molar-refractivity contribution in [2.75, 3.05) is 13.7 Å². The highest BCUT2D eigenvalue weighted by molar-refractivity contribution is 9.10. The van der Waals surface area contributed by atoms with Gasteiger partial charge in [0, 0.05) is 22.5 Å². The SMILES string of the molecule is CCOc1c(OC)ccc(Br)c1C(N)CCC(=O)O. The molecule has 5 nitrogen and oxygen atoms in total. The Labute approximate surface area is 120 Å². The Morgan fingerprint density at radius 2 is 2.21 bits per heavy atom. The van der Waals surface area contributed by atoms with E-state index >= 15 is 0 Å². The van der Waals surface area contributed by atoms with Gasteiger partial charge in [-0.2, -0.15) is 0 Å². The van der Waals surface area contributed by atoms with Crippen LogP contribution < -0.4 is 15.2 Å². The van der Waals surface area contributed by atoms with Gasteiger partial charge in [-0.05, 0) is 25.5 Å². The highest BCUT2D eigenvalue weighted by Crippen LogP contribution is 2.40. The third kappa shape index (κ3) is 4.11. The van der Waals surface area contributed by atoms with Crippen molar-refractivity contribution in [1.29, 1.82) is 0 Å². The Kier molecular flexibility index (Phi) is 6.11. The molecule has 0 aliphatic heterocycles. The molecule has 0 saturated carbocycles. The number of hydrogen-bond donors (Lipinski definition) is 2. The van der Waals surface area contributed by atoms with E-state index in [4.69, 9.17) is 20.3 Å². The molecule has 1 unspecified atom stereocenters. The van der Waals surface area contributed by atoms with Crippen LogP contribution in [-0.2, 0) is 4.79 Å². The number of aliphatic carboxylic acids is 1. The Balaban J connectivity index is 3.11. The van der Waals surface area contributed by atoms with Crippen molar-refractivity contribution in [1.82, 2.24) is 0 Å². The molecule has 6 heteroatoms. The largest absolute Gasteiger partial charge is 0.493 e. The molecular weight excluding hydrogens is 314 g/mol. The molecule has 19 heavy (non-hydrogen) atoms. The summed E-state index contributed by atoms with van der Waals surface area (Å²) in [5.74, 6) is 0.288. The molecule has 0 aromatic heterocycles. The fourth-order valence-electron chi connectivity index (χ4n) is 1.78. The average Bonchev–Trinajstić information content (AvgIpc) is 2.37. The Morgan fingerprint density at radius 1 is 1.53 bits per heavy atom. The smallest absolute Gasteiger partial charge is 0.303 e. The molecule has 106 valence electrons. The molecule has 0 aliphatic rings. The Morgan fingerprint density at radius 3 is 2.74 bits per heavy atom. The summed E-state index contributed by atoms with van der Waals surface area (Å²) in [5.41, 5.74) is 6.81. The van der Waals surface area contributed by atoms with Gasteiger partial charge in [0.1, 0.15) is 0 Å². The molecule has 0 heterocycles. The van der Waals surface area contributed by atoms with E-state index in [9.17, 15) is 4.79 Å². The van der Waals surface area contributed by atoms with Crippen molar-refractivity contribution in [2.24, 2.45) is 5.73 Å². The third-order valence-electron chi connectivity index (χ3n) is 2.66. The molecule has 0 radical (unpaired) electrons. The first-order chi connectivity index (χ1) is 9.01. The van der Waals surface area contributed by atoms with Gasteiger partial charge in [0.25, 0.3) is 0 Å². The molecule has 1 aromatic rings. The highest BCUT2D eigenvalue weighted by Gasteiger charge is 2.20. The summed E-state index contributed by atoms with van der Waals surface area (Å²) >= 11 is 3.43. The first kappa shape index (κ1) is 15.8. The number of carboxylic acids is 1. The monoisotopic (exact) mass is 331 g/mol. The topological polar surface area (TPSA) is 81.8 Å². The zero-order valence-electron chi connectivity index (χ0n) is 11.0. The summed E-state index contributed by atoms with van der Waals surface area (Å²) in [4.78, 5) is 10.6. The van der Waals surface area contributed by atoms with E-state index < -0.39 is 12.0 Å². The number of ether oxygens (including phenoxy) is 2. The molecular formula is C13H18BrNO4. The molecule has 0 bridgehead atoms. The zero-order chi connectivity index (χ0) is 14.4. The van der Waals surface area contributed by atoms with Crippen molar-refractivity contribution in [3.8, 4) is 11.5 Å². The molecule has 0 saturated heterocycles. The molecule has 0 amide bonds. The quantitative estimate of drug-likeness (QED) is 0.802. The van der Waals surface area contributed by atoms with Gasteiger partial charge >= 0.3 is 5.97 Å². The van der Waals surface area contributed by atoms with Crippen LogP contribution >= 0.6 is 15.9 Å². The molecule has 3 N–H and O–H groups in total. The fourth-order valence-corrected chi connectivity index (χ4v) is 2.38. The van der Waals surface area contributed by atoms with Crippen LogP contribution in [0.15, 0.2) is 16.6 Å². The van der Waals surface area contributed by atoms with E-state index in [0.29, 0.717) is 24.5 Å². The van der Waals surface area contributed by atoms with E-state index in [1.807, 2.05) is 13.0 Å². The maximum atomic E-state index is 10.6. The fraction of sp³-hybridized carbons (Fsp3) is 0.462. The van der Waals surface area contributed by atoms with E-state index in [1.54, 1.807) is 13.2 Å². The van der Waals surface area contributed by atoms with Gasteiger partial charge in [0.2, 0.25) is 0 Å². The van der Waals surface area contributed by atoms with Crippen LogP contribution in [0, 0.1) is 0 Å². The lowest BCUT2D eigenvalue weighted by Gasteiger charge is -2.20. The average molecular weight is 332 g/mol. The molecule has 0 aliphatic carbocycles. The number of halogens is 1. The first-order valence-electron chi connectivity index (χ1n) is 5.97.